The van der Waals surface area contributed by atoms with Gasteiger partial charge in [0.05, 0.1) is 0 Å². The van der Waals surface area contributed by atoms with Gasteiger partial charge in [-0.1, -0.05) is 38.1 Å². The second kappa shape index (κ2) is 8.85. The van der Waals surface area contributed by atoms with Crippen LogP contribution >= 0.6 is 0 Å². The molecule has 0 radical (unpaired) electrons. The van der Waals surface area contributed by atoms with E-state index in [0.29, 0.717) is 6.54 Å². The van der Waals surface area contributed by atoms with Gasteiger partial charge in [0, 0.05) is 13.6 Å². The van der Waals surface area contributed by atoms with Gasteiger partial charge in [-0.2, -0.15) is 0 Å². The molecule has 6 nitrogen and oxygen atoms in total. The van der Waals surface area contributed by atoms with Crippen LogP contribution in [0.3, 0.4) is 0 Å². The molecule has 1 atom stereocenters. The first-order valence-corrected chi connectivity index (χ1v) is 8.43. The van der Waals surface area contributed by atoms with Gasteiger partial charge in [0.2, 0.25) is 0 Å². The highest BCUT2D eigenvalue weighted by molar-refractivity contribution is 5.75. The monoisotopic (exact) mass is 350 g/mol. The fourth-order valence-corrected chi connectivity index (χ4v) is 2.02. The summed E-state index contributed by atoms with van der Waals surface area (Å²) in [5, 5.41) is 0. The maximum Gasteiger partial charge on any atom is 0.410 e. The molecule has 0 saturated heterocycles. The van der Waals surface area contributed by atoms with E-state index in [1.165, 1.54) is 4.90 Å². The highest BCUT2D eigenvalue weighted by Crippen LogP contribution is 2.13. The Morgan fingerprint density at radius 1 is 1.20 bits per heavy atom. The highest BCUT2D eigenvalue weighted by atomic mass is 16.6. The Hall–Kier alpha value is -2.08. The van der Waals surface area contributed by atoms with Crippen molar-refractivity contribution in [1.29, 1.82) is 0 Å². The molecular formula is C19H30N2O4. The van der Waals surface area contributed by atoms with Gasteiger partial charge in [-0.25, -0.2) is 4.79 Å². The summed E-state index contributed by atoms with van der Waals surface area (Å²) < 4.78 is 10.6. The zero-order valence-electron chi connectivity index (χ0n) is 16.0. The zero-order valence-corrected chi connectivity index (χ0v) is 16.0. The van der Waals surface area contributed by atoms with Crippen molar-refractivity contribution in [1.82, 2.24) is 4.90 Å². The molecule has 0 spiro atoms. The molecule has 0 aliphatic carbocycles. The topological polar surface area (TPSA) is 81.9 Å². The standard InChI is InChI=1S/C19H30N2O4/c1-13(2)16(20)17(22)24-12-15-9-7-8-14(10-15)11-21(6)18(23)25-19(3,4)5/h7-10,13,16H,11-12,20H2,1-6H3/t16-/m0/s1. The van der Waals surface area contributed by atoms with Crippen LogP contribution in [-0.2, 0) is 27.4 Å². The SMILES string of the molecule is CC(C)[C@H](N)C(=O)OCc1cccc(CN(C)C(=O)OC(C)(C)C)c1. The van der Waals surface area contributed by atoms with Crippen LogP contribution in [0.1, 0.15) is 45.7 Å². The Morgan fingerprint density at radius 2 is 1.80 bits per heavy atom. The molecule has 0 heterocycles. The van der Waals surface area contributed by atoms with Crippen LogP contribution in [0, 0.1) is 5.92 Å². The minimum absolute atomic E-state index is 0.0290. The third kappa shape index (κ3) is 7.56. The van der Waals surface area contributed by atoms with Gasteiger partial charge in [0.1, 0.15) is 18.2 Å². The molecule has 0 aliphatic rings. The van der Waals surface area contributed by atoms with Crippen molar-refractivity contribution in [2.75, 3.05) is 7.05 Å². The van der Waals surface area contributed by atoms with Crippen LogP contribution in [0.15, 0.2) is 24.3 Å². The molecule has 0 aliphatic heterocycles. The molecule has 0 saturated carbocycles. The molecule has 140 valence electrons. The minimum Gasteiger partial charge on any atom is -0.460 e. The molecule has 1 rings (SSSR count). The predicted octanol–water partition coefficient (Wildman–Crippen LogP) is 3.08. The van der Waals surface area contributed by atoms with Crippen molar-refractivity contribution in [3.63, 3.8) is 0 Å². The zero-order chi connectivity index (χ0) is 19.2. The number of rotatable bonds is 6. The lowest BCUT2D eigenvalue weighted by atomic mass is 10.1. The van der Waals surface area contributed by atoms with Crippen molar-refractivity contribution in [2.45, 2.75) is 59.4 Å². The highest BCUT2D eigenvalue weighted by Gasteiger charge is 2.20. The van der Waals surface area contributed by atoms with Gasteiger partial charge < -0.3 is 20.1 Å². The summed E-state index contributed by atoms with van der Waals surface area (Å²) in [6, 6.07) is 6.91. The normalized spacial score (nSPS) is 12.6. The number of hydrogen-bond acceptors (Lipinski definition) is 5. The van der Waals surface area contributed by atoms with Gasteiger partial charge in [0.15, 0.2) is 0 Å². The second-order valence-corrected chi connectivity index (χ2v) is 7.53. The Kier molecular flexibility index (Phi) is 7.42. The maximum absolute atomic E-state index is 12.0. The predicted molar refractivity (Wildman–Crippen MR) is 96.8 cm³/mol. The van der Waals surface area contributed by atoms with E-state index in [2.05, 4.69) is 0 Å². The number of benzene rings is 1. The molecule has 2 N–H and O–H groups in total. The molecule has 25 heavy (non-hydrogen) atoms. The average molecular weight is 350 g/mol. The average Bonchev–Trinajstić information content (AvgIpc) is 2.50. The first-order chi connectivity index (χ1) is 11.5. The van der Waals surface area contributed by atoms with Gasteiger partial charge >= 0.3 is 12.1 Å². The summed E-state index contributed by atoms with van der Waals surface area (Å²) >= 11 is 0. The molecule has 1 aromatic carbocycles. The Bertz CT molecular complexity index is 593. The molecule has 0 unspecified atom stereocenters. The van der Waals surface area contributed by atoms with Gasteiger partial charge in [-0.05, 0) is 37.8 Å². The second-order valence-electron chi connectivity index (χ2n) is 7.53. The quantitative estimate of drug-likeness (QED) is 0.797. The van der Waals surface area contributed by atoms with Crippen molar-refractivity contribution >= 4 is 12.1 Å². The van der Waals surface area contributed by atoms with Crippen LogP contribution in [0.4, 0.5) is 4.79 Å². The first kappa shape index (κ1) is 21.0. The summed E-state index contributed by atoms with van der Waals surface area (Å²) in [7, 11) is 1.68. The van der Waals surface area contributed by atoms with Gasteiger partial charge in [-0.3, -0.25) is 4.79 Å². The van der Waals surface area contributed by atoms with Crippen LogP contribution in [0.25, 0.3) is 0 Å². The van der Waals surface area contributed by atoms with Crippen molar-refractivity contribution < 1.29 is 19.1 Å². The fraction of sp³-hybridized carbons (Fsp3) is 0.579. The molecule has 1 aromatic rings. The van der Waals surface area contributed by atoms with Crippen molar-refractivity contribution in [3.05, 3.63) is 35.4 Å². The first-order valence-electron chi connectivity index (χ1n) is 8.43. The molecule has 0 bridgehead atoms. The number of esters is 1. The minimum atomic E-state index is -0.624. The lowest BCUT2D eigenvalue weighted by Gasteiger charge is -2.24. The van der Waals surface area contributed by atoms with E-state index in [-0.39, 0.29) is 18.6 Å². The molecule has 0 fully saturated rings. The largest absolute Gasteiger partial charge is 0.460 e. The molecule has 0 aromatic heterocycles. The summed E-state index contributed by atoms with van der Waals surface area (Å²) in [5.41, 5.74) is 7.01. The van der Waals surface area contributed by atoms with E-state index in [0.717, 1.165) is 11.1 Å². The molecule has 6 heteroatoms. The number of nitrogens with two attached hydrogens (primary N) is 1. The van der Waals surface area contributed by atoms with Crippen LogP contribution in [-0.4, -0.2) is 35.7 Å². The Labute approximate surface area is 150 Å². The van der Waals surface area contributed by atoms with E-state index in [1.807, 2.05) is 58.9 Å². The van der Waals surface area contributed by atoms with Crippen molar-refractivity contribution in [3.8, 4) is 0 Å². The smallest absolute Gasteiger partial charge is 0.410 e. The number of nitrogens with zero attached hydrogens (tertiary/aromatic N) is 1. The summed E-state index contributed by atoms with van der Waals surface area (Å²) in [6.45, 7) is 9.80. The third-order valence-corrected chi connectivity index (χ3v) is 3.49. The maximum atomic E-state index is 12.0. The summed E-state index contributed by atoms with van der Waals surface area (Å²) in [6.07, 6.45) is -0.382. The fourth-order valence-electron chi connectivity index (χ4n) is 2.02. The van der Waals surface area contributed by atoms with Crippen LogP contribution in [0.2, 0.25) is 0 Å². The Balaban J connectivity index is 2.63. The van der Waals surface area contributed by atoms with E-state index < -0.39 is 17.6 Å². The van der Waals surface area contributed by atoms with Gasteiger partial charge in [0.25, 0.3) is 0 Å². The van der Waals surface area contributed by atoms with Gasteiger partial charge in [-0.15, -0.1) is 0 Å². The van der Waals surface area contributed by atoms with Crippen LogP contribution < -0.4 is 5.73 Å². The summed E-state index contributed by atoms with van der Waals surface area (Å²) in [5.74, 6) is -0.382. The number of amides is 1. The van der Waals surface area contributed by atoms with Crippen LogP contribution in [0.5, 0.6) is 0 Å². The molecule has 1 amide bonds. The number of hydrogen-bond donors (Lipinski definition) is 1. The number of carbonyl (C=O) groups is 2. The lowest BCUT2D eigenvalue weighted by molar-refractivity contribution is -0.147. The van der Waals surface area contributed by atoms with E-state index in [1.54, 1.807) is 7.05 Å². The third-order valence-electron chi connectivity index (χ3n) is 3.49. The Morgan fingerprint density at radius 3 is 2.36 bits per heavy atom. The van der Waals surface area contributed by atoms with E-state index >= 15 is 0 Å². The van der Waals surface area contributed by atoms with E-state index in [4.69, 9.17) is 15.2 Å². The lowest BCUT2D eigenvalue weighted by Crippen LogP contribution is -2.36. The van der Waals surface area contributed by atoms with Crippen molar-refractivity contribution in [2.24, 2.45) is 11.7 Å². The van der Waals surface area contributed by atoms with E-state index in [9.17, 15) is 9.59 Å². The molecular weight excluding hydrogens is 320 g/mol. The number of carbonyl (C=O) groups excluding carboxylic acids is 2. The summed E-state index contributed by atoms with van der Waals surface area (Å²) in [4.78, 5) is 25.4. The number of ether oxygens (including phenoxy) is 2.